The van der Waals surface area contributed by atoms with Gasteiger partial charge in [0.05, 0.1) is 6.61 Å². The first-order valence-electron chi connectivity index (χ1n) is 9.00. The quantitative estimate of drug-likeness (QED) is 0.648. The molecule has 0 aliphatic carbocycles. The maximum atomic E-state index is 11.8. The lowest BCUT2D eigenvalue weighted by Gasteiger charge is -2.35. The van der Waals surface area contributed by atoms with Gasteiger partial charge >= 0.3 is 6.09 Å². The average molecular weight is 347 g/mol. The van der Waals surface area contributed by atoms with Crippen molar-refractivity contribution in [1.82, 2.24) is 20.1 Å². The minimum absolute atomic E-state index is 0.226. The minimum Gasteiger partial charge on any atom is -0.450 e. The lowest BCUT2D eigenvalue weighted by molar-refractivity contribution is 0.0914. The van der Waals surface area contributed by atoms with Gasteiger partial charge < -0.3 is 19.9 Å². The number of piperazine rings is 1. The molecule has 1 aliphatic heterocycles. The summed E-state index contributed by atoms with van der Waals surface area (Å²) in [7, 11) is 0. The number of pyridine rings is 1. The standard InChI is InChI=1S/C18H29N5O2/c1-4-19-17(20-9-8-16-7-6-15(3)21-14-16)22-10-12-23(13-11-22)18(24)25-5-2/h6-7,14H,4-5,8-13H2,1-3H3,(H,19,20). The van der Waals surface area contributed by atoms with E-state index in [-0.39, 0.29) is 6.09 Å². The molecule has 0 bridgehead atoms. The molecule has 0 atom stereocenters. The Labute approximate surface area is 150 Å². The van der Waals surface area contributed by atoms with E-state index in [1.807, 2.05) is 26.1 Å². The molecule has 0 unspecified atom stereocenters. The zero-order valence-electron chi connectivity index (χ0n) is 15.5. The summed E-state index contributed by atoms with van der Waals surface area (Å²) in [4.78, 5) is 24.8. The molecule has 25 heavy (non-hydrogen) atoms. The maximum absolute atomic E-state index is 11.8. The number of carbonyl (C=O) groups is 1. The van der Waals surface area contributed by atoms with Gasteiger partial charge in [0.2, 0.25) is 0 Å². The van der Waals surface area contributed by atoms with E-state index in [2.05, 4.69) is 28.2 Å². The third-order valence-corrected chi connectivity index (χ3v) is 4.07. The summed E-state index contributed by atoms with van der Waals surface area (Å²) in [6.07, 6.45) is 2.55. The molecule has 7 nitrogen and oxygen atoms in total. The van der Waals surface area contributed by atoms with Crippen molar-refractivity contribution in [1.29, 1.82) is 0 Å². The van der Waals surface area contributed by atoms with Gasteiger partial charge in [-0.05, 0) is 38.8 Å². The second-order valence-corrected chi connectivity index (χ2v) is 5.97. The van der Waals surface area contributed by atoms with Gasteiger partial charge in [0.15, 0.2) is 5.96 Å². The van der Waals surface area contributed by atoms with Crippen molar-refractivity contribution in [2.75, 3.05) is 45.9 Å². The van der Waals surface area contributed by atoms with Gasteiger partial charge in [0, 0.05) is 51.2 Å². The molecule has 0 aromatic carbocycles. The number of nitrogens with zero attached hydrogens (tertiary/aromatic N) is 4. The molecule has 1 aromatic rings. The van der Waals surface area contributed by atoms with Crippen molar-refractivity contribution in [2.24, 2.45) is 4.99 Å². The van der Waals surface area contributed by atoms with Crippen LogP contribution in [0.4, 0.5) is 4.79 Å². The summed E-state index contributed by atoms with van der Waals surface area (Å²) in [6.45, 7) is 10.7. The van der Waals surface area contributed by atoms with E-state index < -0.39 is 0 Å². The lowest BCUT2D eigenvalue weighted by Crippen LogP contribution is -2.54. The highest BCUT2D eigenvalue weighted by molar-refractivity contribution is 5.80. The van der Waals surface area contributed by atoms with Crippen LogP contribution >= 0.6 is 0 Å². The number of amides is 1. The highest BCUT2D eigenvalue weighted by Crippen LogP contribution is 2.05. The predicted molar refractivity (Wildman–Crippen MR) is 98.8 cm³/mol. The van der Waals surface area contributed by atoms with E-state index >= 15 is 0 Å². The molecule has 1 saturated heterocycles. The highest BCUT2D eigenvalue weighted by atomic mass is 16.6. The molecule has 2 rings (SSSR count). The van der Waals surface area contributed by atoms with Crippen LogP contribution in [-0.2, 0) is 11.2 Å². The van der Waals surface area contributed by atoms with Crippen molar-refractivity contribution >= 4 is 12.1 Å². The molecule has 1 N–H and O–H groups in total. The van der Waals surface area contributed by atoms with Crippen LogP contribution in [0.2, 0.25) is 0 Å². The molecular weight excluding hydrogens is 318 g/mol. The van der Waals surface area contributed by atoms with Crippen molar-refractivity contribution in [2.45, 2.75) is 27.2 Å². The van der Waals surface area contributed by atoms with E-state index in [1.165, 1.54) is 5.56 Å². The fourth-order valence-corrected chi connectivity index (χ4v) is 2.68. The fraction of sp³-hybridized carbons (Fsp3) is 0.611. The molecule has 2 heterocycles. The van der Waals surface area contributed by atoms with E-state index in [9.17, 15) is 4.79 Å². The van der Waals surface area contributed by atoms with Gasteiger partial charge in [-0.3, -0.25) is 9.98 Å². The summed E-state index contributed by atoms with van der Waals surface area (Å²) < 4.78 is 5.06. The third-order valence-electron chi connectivity index (χ3n) is 4.07. The van der Waals surface area contributed by atoms with Crippen LogP contribution in [0.3, 0.4) is 0 Å². The summed E-state index contributed by atoms with van der Waals surface area (Å²) in [5.41, 5.74) is 2.22. The maximum Gasteiger partial charge on any atom is 0.409 e. The van der Waals surface area contributed by atoms with Crippen LogP contribution in [0, 0.1) is 6.92 Å². The zero-order valence-corrected chi connectivity index (χ0v) is 15.5. The Bertz CT molecular complexity index is 565. The number of ether oxygens (including phenoxy) is 1. The van der Waals surface area contributed by atoms with Gasteiger partial charge in [-0.1, -0.05) is 6.07 Å². The Morgan fingerprint density at radius 1 is 1.24 bits per heavy atom. The van der Waals surface area contributed by atoms with E-state index in [4.69, 9.17) is 9.73 Å². The second-order valence-electron chi connectivity index (χ2n) is 5.97. The number of aromatic nitrogens is 1. The number of hydrogen-bond acceptors (Lipinski definition) is 4. The number of nitrogens with one attached hydrogen (secondary N) is 1. The number of guanidine groups is 1. The number of aliphatic imine (C=N–C) groups is 1. The van der Waals surface area contributed by atoms with Gasteiger partial charge in [-0.25, -0.2) is 4.79 Å². The first kappa shape index (κ1) is 19.0. The number of hydrogen-bond donors (Lipinski definition) is 1. The molecule has 138 valence electrons. The van der Waals surface area contributed by atoms with Crippen molar-refractivity contribution in [3.8, 4) is 0 Å². The monoisotopic (exact) mass is 347 g/mol. The number of aryl methyl sites for hydroxylation is 1. The number of carbonyl (C=O) groups excluding carboxylic acids is 1. The first-order chi connectivity index (χ1) is 12.1. The molecule has 7 heteroatoms. The Balaban J connectivity index is 1.87. The molecule has 1 amide bonds. The lowest BCUT2D eigenvalue weighted by atomic mass is 10.2. The zero-order chi connectivity index (χ0) is 18.1. The van der Waals surface area contributed by atoms with Crippen LogP contribution in [-0.4, -0.2) is 72.7 Å². The predicted octanol–water partition coefficient (Wildman–Crippen LogP) is 1.67. The Morgan fingerprint density at radius 3 is 2.56 bits per heavy atom. The van der Waals surface area contributed by atoms with Crippen molar-refractivity contribution in [3.63, 3.8) is 0 Å². The van der Waals surface area contributed by atoms with Gasteiger partial charge in [-0.15, -0.1) is 0 Å². The average Bonchev–Trinajstić information content (AvgIpc) is 2.63. The molecular formula is C18H29N5O2. The topological polar surface area (TPSA) is 70.1 Å². The van der Waals surface area contributed by atoms with Gasteiger partial charge in [-0.2, -0.15) is 0 Å². The summed E-state index contributed by atoms with van der Waals surface area (Å²) in [5.74, 6) is 0.908. The third kappa shape index (κ3) is 5.92. The largest absolute Gasteiger partial charge is 0.450 e. The Kier molecular flexibility index (Phi) is 7.50. The SMILES string of the molecule is CCNC(=NCCc1ccc(C)nc1)N1CCN(C(=O)OCC)CC1. The molecule has 1 fully saturated rings. The van der Waals surface area contributed by atoms with Crippen LogP contribution < -0.4 is 5.32 Å². The molecule has 1 aliphatic rings. The molecule has 0 spiro atoms. The Hall–Kier alpha value is -2.31. The fourth-order valence-electron chi connectivity index (χ4n) is 2.68. The minimum atomic E-state index is -0.226. The van der Waals surface area contributed by atoms with Gasteiger partial charge in [0.1, 0.15) is 0 Å². The highest BCUT2D eigenvalue weighted by Gasteiger charge is 2.23. The first-order valence-corrected chi connectivity index (χ1v) is 9.00. The van der Waals surface area contributed by atoms with Crippen LogP contribution in [0.5, 0.6) is 0 Å². The van der Waals surface area contributed by atoms with E-state index in [1.54, 1.807) is 4.90 Å². The number of rotatable bonds is 5. The van der Waals surface area contributed by atoms with E-state index in [0.717, 1.165) is 37.7 Å². The molecule has 0 saturated carbocycles. The van der Waals surface area contributed by atoms with Crippen LogP contribution in [0.15, 0.2) is 23.3 Å². The summed E-state index contributed by atoms with van der Waals surface area (Å²) in [5, 5.41) is 3.34. The van der Waals surface area contributed by atoms with Crippen molar-refractivity contribution in [3.05, 3.63) is 29.6 Å². The smallest absolute Gasteiger partial charge is 0.409 e. The molecule has 1 aromatic heterocycles. The second kappa shape index (κ2) is 9.86. The molecule has 0 radical (unpaired) electrons. The van der Waals surface area contributed by atoms with Crippen LogP contribution in [0.1, 0.15) is 25.1 Å². The van der Waals surface area contributed by atoms with Crippen molar-refractivity contribution < 1.29 is 9.53 Å². The van der Waals surface area contributed by atoms with Crippen LogP contribution in [0.25, 0.3) is 0 Å². The van der Waals surface area contributed by atoms with E-state index in [0.29, 0.717) is 26.2 Å². The Morgan fingerprint density at radius 2 is 1.96 bits per heavy atom. The summed E-state index contributed by atoms with van der Waals surface area (Å²) >= 11 is 0. The van der Waals surface area contributed by atoms with Gasteiger partial charge in [0.25, 0.3) is 0 Å². The summed E-state index contributed by atoms with van der Waals surface area (Å²) in [6, 6.07) is 4.13. The normalized spacial score (nSPS) is 15.2.